The largest absolute Gasteiger partial charge is 0.756 e. The van der Waals surface area contributed by atoms with E-state index in [2.05, 4.69) is 111 Å². The molecular formula is C64H113N2O7P. The van der Waals surface area contributed by atoms with Gasteiger partial charge in [-0.2, -0.15) is 0 Å². The van der Waals surface area contributed by atoms with Crippen molar-refractivity contribution in [3.8, 4) is 0 Å². The SMILES string of the molecule is CC/C=C\C/C=C\C/C=C\C/C=C\C/C=C\C/C=C\CCCCC(=O)NC(COP(=O)([O-])OCC[N+](C)(C)C)C(/C=C\CCCCCCCCCCCC)OC(=O)CCCCCCCCC/C=C\CCCCCC. The van der Waals surface area contributed by atoms with E-state index < -0.39 is 26.6 Å². The standard InChI is InChI=1S/C64H113N2O7P/c1-7-10-13-16-19-22-25-28-30-31-32-33-34-35-37-38-41-44-47-50-53-56-63(67)65-61(60-72-74(69,70)71-59-58-66(4,5)6)62(55-52-49-46-43-40-27-24-21-18-15-12-9-3)73-64(68)57-54-51-48-45-42-39-36-29-26-23-20-17-14-11-8-2/h10,13,19,22-23,26,28,30,32-33,35,37,41,44,52,55,61-62H,7-9,11-12,14-18,20-21,24-25,27,29,31,34,36,38-40,42-43,45-51,53-54,56-60H2,1-6H3,(H-,65,67,69,70)/b13-10-,22-19-,26-23-,30-28-,33-32-,37-35-,44-41-,55-52-. The Hall–Kier alpha value is -3.07. The number of nitrogens with one attached hydrogen (secondary N) is 1. The number of phosphoric ester groups is 1. The highest BCUT2D eigenvalue weighted by Crippen LogP contribution is 2.38. The lowest BCUT2D eigenvalue weighted by Crippen LogP contribution is -2.47. The molecule has 74 heavy (non-hydrogen) atoms. The van der Waals surface area contributed by atoms with Crippen LogP contribution in [0.1, 0.15) is 245 Å². The summed E-state index contributed by atoms with van der Waals surface area (Å²) in [4.78, 5) is 39.9. The lowest BCUT2D eigenvalue weighted by atomic mass is 10.0. The van der Waals surface area contributed by atoms with Crippen molar-refractivity contribution >= 4 is 19.7 Å². The van der Waals surface area contributed by atoms with Crippen LogP contribution in [0.2, 0.25) is 0 Å². The van der Waals surface area contributed by atoms with Crippen LogP contribution < -0.4 is 10.2 Å². The van der Waals surface area contributed by atoms with Gasteiger partial charge >= 0.3 is 5.97 Å². The van der Waals surface area contributed by atoms with Crippen LogP contribution >= 0.6 is 7.82 Å². The van der Waals surface area contributed by atoms with Crippen LogP contribution in [0.3, 0.4) is 0 Å². The van der Waals surface area contributed by atoms with Crippen molar-refractivity contribution in [1.82, 2.24) is 5.32 Å². The second-order valence-corrected chi connectivity index (χ2v) is 22.5. The van der Waals surface area contributed by atoms with E-state index in [4.69, 9.17) is 13.8 Å². The van der Waals surface area contributed by atoms with Gasteiger partial charge in [-0.1, -0.05) is 221 Å². The maximum absolute atomic E-state index is 13.5. The van der Waals surface area contributed by atoms with E-state index in [1.807, 2.05) is 33.3 Å². The molecule has 3 unspecified atom stereocenters. The van der Waals surface area contributed by atoms with Crippen LogP contribution in [-0.4, -0.2) is 69.4 Å². The Bertz CT molecular complexity index is 1590. The number of hydrogen-bond acceptors (Lipinski definition) is 7. The number of quaternary nitrogens is 1. The minimum Gasteiger partial charge on any atom is -0.756 e. The second-order valence-electron chi connectivity index (χ2n) is 21.1. The molecule has 10 heteroatoms. The molecule has 426 valence electrons. The molecule has 0 aliphatic carbocycles. The zero-order valence-electron chi connectivity index (χ0n) is 48.5. The Labute approximate surface area is 456 Å². The van der Waals surface area contributed by atoms with Crippen molar-refractivity contribution in [1.29, 1.82) is 0 Å². The Kier molecular flexibility index (Phi) is 51.1. The summed E-state index contributed by atoms with van der Waals surface area (Å²) in [6.45, 7) is 6.67. The van der Waals surface area contributed by atoms with E-state index >= 15 is 0 Å². The molecular weight excluding hydrogens is 940 g/mol. The first kappa shape index (κ1) is 70.9. The molecule has 0 rings (SSSR count). The summed E-state index contributed by atoms with van der Waals surface area (Å²) >= 11 is 0. The van der Waals surface area contributed by atoms with Crippen LogP contribution in [0.25, 0.3) is 0 Å². The molecule has 0 saturated carbocycles. The fourth-order valence-corrected chi connectivity index (χ4v) is 8.83. The third-order valence-corrected chi connectivity index (χ3v) is 13.7. The molecule has 1 N–H and O–H groups in total. The normalized spacial score (nSPS) is 14.4. The number of esters is 1. The Balaban J connectivity index is 5.38. The second kappa shape index (κ2) is 53.3. The smallest absolute Gasteiger partial charge is 0.306 e. The van der Waals surface area contributed by atoms with Crippen LogP contribution in [0.15, 0.2) is 97.2 Å². The highest BCUT2D eigenvalue weighted by Gasteiger charge is 2.27. The number of phosphoric acid groups is 1. The summed E-state index contributed by atoms with van der Waals surface area (Å²) in [5.74, 6) is -0.601. The van der Waals surface area contributed by atoms with Crippen LogP contribution in [-0.2, 0) is 27.9 Å². The average Bonchev–Trinajstić information content (AvgIpc) is 3.36. The fraction of sp³-hybridized carbons (Fsp3) is 0.719. The van der Waals surface area contributed by atoms with Crippen LogP contribution in [0.4, 0.5) is 0 Å². The van der Waals surface area contributed by atoms with Crippen molar-refractivity contribution < 1.29 is 37.3 Å². The summed E-state index contributed by atoms with van der Waals surface area (Å²) < 4.78 is 30.2. The Morgan fingerprint density at radius 1 is 0.486 bits per heavy atom. The van der Waals surface area contributed by atoms with E-state index in [9.17, 15) is 19.0 Å². The fourth-order valence-electron chi connectivity index (χ4n) is 8.11. The highest BCUT2D eigenvalue weighted by molar-refractivity contribution is 7.45. The molecule has 0 radical (unpaired) electrons. The summed E-state index contributed by atoms with van der Waals surface area (Å²) in [6, 6.07) is -0.918. The minimum absolute atomic E-state index is 0.0359. The van der Waals surface area contributed by atoms with E-state index in [0.29, 0.717) is 17.4 Å². The summed E-state index contributed by atoms with van der Waals surface area (Å²) in [7, 11) is 1.14. The van der Waals surface area contributed by atoms with Crippen molar-refractivity contribution in [3.05, 3.63) is 97.2 Å². The first-order chi connectivity index (χ1) is 35.9. The van der Waals surface area contributed by atoms with E-state index in [1.165, 1.54) is 103 Å². The number of hydrogen-bond donors (Lipinski definition) is 1. The lowest BCUT2D eigenvalue weighted by molar-refractivity contribution is -0.870. The monoisotopic (exact) mass is 1050 g/mol. The predicted octanol–water partition coefficient (Wildman–Crippen LogP) is 17.8. The van der Waals surface area contributed by atoms with Gasteiger partial charge in [0.2, 0.25) is 5.91 Å². The molecule has 0 fully saturated rings. The zero-order valence-corrected chi connectivity index (χ0v) is 49.4. The molecule has 3 atom stereocenters. The topological polar surface area (TPSA) is 114 Å². The number of carbonyl (C=O) groups excluding carboxylic acids is 2. The molecule has 9 nitrogen and oxygen atoms in total. The summed E-state index contributed by atoms with van der Waals surface area (Å²) in [5, 5.41) is 3.00. The van der Waals surface area contributed by atoms with E-state index in [-0.39, 0.29) is 31.3 Å². The van der Waals surface area contributed by atoms with Gasteiger partial charge in [-0.15, -0.1) is 0 Å². The molecule has 0 heterocycles. The Morgan fingerprint density at radius 2 is 0.865 bits per heavy atom. The first-order valence-corrected chi connectivity index (χ1v) is 31.5. The van der Waals surface area contributed by atoms with Crippen molar-refractivity contribution in [2.24, 2.45) is 0 Å². The molecule has 0 aromatic carbocycles. The molecule has 0 aromatic heterocycles. The van der Waals surface area contributed by atoms with Gasteiger partial charge in [-0.05, 0) is 109 Å². The van der Waals surface area contributed by atoms with Gasteiger partial charge in [0.05, 0.1) is 33.8 Å². The van der Waals surface area contributed by atoms with E-state index in [1.54, 1.807) is 0 Å². The summed E-state index contributed by atoms with van der Waals surface area (Å²) in [5.41, 5.74) is 0. The number of carbonyl (C=O) groups is 2. The van der Waals surface area contributed by atoms with Crippen molar-refractivity contribution in [2.75, 3.05) is 40.9 Å². The van der Waals surface area contributed by atoms with Gasteiger partial charge in [0.25, 0.3) is 7.82 Å². The highest BCUT2D eigenvalue weighted by atomic mass is 31.2. The third kappa shape index (κ3) is 53.7. The Morgan fingerprint density at radius 3 is 1.34 bits per heavy atom. The molecule has 0 bridgehead atoms. The summed E-state index contributed by atoms with van der Waals surface area (Å²) in [6.07, 6.45) is 70.9. The van der Waals surface area contributed by atoms with Gasteiger partial charge in [0, 0.05) is 12.8 Å². The number of unbranched alkanes of at least 4 members (excludes halogenated alkanes) is 23. The van der Waals surface area contributed by atoms with Crippen LogP contribution in [0.5, 0.6) is 0 Å². The molecule has 0 aromatic rings. The molecule has 1 amide bonds. The number of allylic oxidation sites excluding steroid dienone is 15. The van der Waals surface area contributed by atoms with E-state index in [0.717, 1.165) is 103 Å². The predicted molar refractivity (Wildman–Crippen MR) is 316 cm³/mol. The van der Waals surface area contributed by atoms with Gasteiger partial charge in [-0.3, -0.25) is 14.2 Å². The number of likely N-dealkylation sites (N-methyl/N-ethyl adjacent to an activating group) is 1. The van der Waals surface area contributed by atoms with Crippen molar-refractivity contribution in [2.45, 2.75) is 258 Å². The maximum Gasteiger partial charge on any atom is 0.306 e. The molecule has 0 saturated heterocycles. The van der Waals surface area contributed by atoms with Gasteiger partial charge in [0.15, 0.2) is 0 Å². The number of rotatable bonds is 53. The molecule has 0 aliphatic rings. The third-order valence-electron chi connectivity index (χ3n) is 12.7. The van der Waals surface area contributed by atoms with Gasteiger partial charge in [-0.25, -0.2) is 0 Å². The first-order valence-electron chi connectivity index (χ1n) is 30.0. The van der Waals surface area contributed by atoms with Gasteiger partial charge < -0.3 is 28.5 Å². The quantitative estimate of drug-likeness (QED) is 0.0212. The number of nitrogens with zero attached hydrogens (tertiary/aromatic N) is 1. The zero-order chi connectivity index (χ0) is 54.3. The van der Waals surface area contributed by atoms with Crippen molar-refractivity contribution in [3.63, 3.8) is 0 Å². The number of amides is 1. The molecule has 0 spiro atoms. The lowest BCUT2D eigenvalue weighted by Gasteiger charge is -2.30. The maximum atomic E-state index is 13.5. The minimum atomic E-state index is -4.71. The average molecular weight is 1050 g/mol. The molecule has 0 aliphatic heterocycles. The number of ether oxygens (including phenoxy) is 1. The van der Waals surface area contributed by atoms with Gasteiger partial charge in [0.1, 0.15) is 19.3 Å². The van der Waals surface area contributed by atoms with Crippen LogP contribution in [0, 0.1) is 0 Å².